The lowest BCUT2D eigenvalue weighted by Gasteiger charge is -2.08. The second-order valence-corrected chi connectivity index (χ2v) is 3.51. The molecule has 0 aliphatic rings. The van der Waals surface area contributed by atoms with Crippen molar-refractivity contribution < 1.29 is 14.3 Å². The van der Waals surface area contributed by atoms with E-state index >= 15 is 0 Å². The number of alkyl carbamates (subject to hydrolysis) is 1. The molecule has 0 aliphatic carbocycles. The summed E-state index contributed by atoms with van der Waals surface area (Å²) in [5, 5.41) is 2.65. The fourth-order valence-corrected chi connectivity index (χ4v) is 1.27. The third-order valence-corrected chi connectivity index (χ3v) is 2.20. The second kappa shape index (κ2) is 7.49. The van der Waals surface area contributed by atoms with E-state index in [9.17, 15) is 4.79 Å². The number of unbranched alkanes of at least 4 members (excludes halogenated alkanes) is 1. The maximum Gasteiger partial charge on any atom is 0.407 e. The Balaban J connectivity index is 2.36. The number of methoxy groups -OCH3 is 1. The van der Waals surface area contributed by atoms with E-state index in [-0.39, 0.29) is 0 Å². The van der Waals surface area contributed by atoms with Crippen LogP contribution in [0, 0.1) is 0 Å². The number of rotatable bonds is 6. The van der Waals surface area contributed by atoms with E-state index in [4.69, 9.17) is 9.47 Å². The number of hydrogen-bond acceptors (Lipinski definition) is 4. The predicted molar refractivity (Wildman–Crippen MR) is 63.9 cm³/mol. The summed E-state index contributed by atoms with van der Waals surface area (Å²) in [6.07, 6.45) is 3.11. The van der Waals surface area contributed by atoms with Gasteiger partial charge in [-0.05, 0) is 12.5 Å². The Morgan fingerprint density at radius 2 is 2.35 bits per heavy atom. The Bertz CT molecular complexity index is 355. The van der Waals surface area contributed by atoms with Gasteiger partial charge in [0.2, 0.25) is 5.88 Å². The highest BCUT2D eigenvalue weighted by Gasteiger charge is 2.06. The molecule has 0 aliphatic heterocycles. The van der Waals surface area contributed by atoms with Gasteiger partial charge < -0.3 is 14.8 Å². The van der Waals surface area contributed by atoms with Crippen LogP contribution in [-0.4, -0.2) is 24.8 Å². The molecule has 0 atom stereocenters. The average Bonchev–Trinajstić information content (AvgIpc) is 2.37. The van der Waals surface area contributed by atoms with Crippen LogP contribution in [0.15, 0.2) is 18.3 Å². The van der Waals surface area contributed by atoms with Crippen LogP contribution in [0.4, 0.5) is 4.79 Å². The molecule has 0 aromatic carbocycles. The zero-order chi connectivity index (χ0) is 12.5. The summed E-state index contributed by atoms with van der Waals surface area (Å²) in [6.45, 7) is 2.84. The molecule has 94 valence electrons. The molecule has 1 heterocycles. The Kier molecular flexibility index (Phi) is 5.85. The number of pyridine rings is 1. The quantitative estimate of drug-likeness (QED) is 0.771. The minimum absolute atomic E-state index is 0.349. The van der Waals surface area contributed by atoms with Crippen molar-refractivity contribution in [3.8, 4) is 5.88 Å². The van der Waals surface area contributed by atoms with Crippen molar-refractivity contribution in [2.24, 2.45) is 0 Å². The third-order valence-electron chi connectivity index (χ3n) is 2.20. The fraction of sp³-hybridized carbons (Fsp3) is 0.500. The van der Waals surface area contributed by atoms with Gasteiger partial charge >= 0.3 is 6.09 Å². The van der Waals surface area contributed by atoms with Crippen molar-refractivity contribution in [2.75, 3.05) is 13.7 Å². The molecule has 1 rings (SSSR count). The lowest BCUT2D eigenvalue weighted by molar-refractivity contribution is 0.144. The molecule has 1 amide bonds. The fourth-order valence-electron chi connectivity index (χ4n) is 1.27. The van der Waals surface area contributed by atoms with Gasteiger partial charge in [0.05, 0.1) is 20.3 Å². The van der Waals surface area contributed by atoms with Crippen molar-refractivity contribution in [3.63, 3.8) is 0 Å². The van der Waals surface area contributed by atoms with Gasteiger partial charge in [0.15, 0.2) is 0 Å². The summed E-state index contributed by atoms with van der Waals surface area (Å²) in [5.74, 6) is 0.515. The lowest BCUT2D eigenvalue weighted by Crippen LogP contribution is -2.24. The van der Waals surface area contributed by atoms with Gasteiger partial charge in [-0.2, -0.15) is 0 Å². The third kappa shape index (κ3) is 4.72. The molecule has 1 aromatic rings. The highest BCUT2D eigenvalue weighted by Crippen LogP contribution is 2.12. The van der Waals surface area contributed by atoms with E-state index in [1.54, 1.807) is 19.4 Å². The van der Waals surface area contributed by atoms with Crippen molar-refractivity contribution in [1.29, 1.82) is 0 Å². The first kappa shape index (κ1) is 13.3. The van der Waals surface area contributed by atoms with Crippen LogP contribution in [0.3, 0.4) is 0 Å². The number of ether oxygens (including phenoxy) is 2. The highest BCUT2D eigenvalue weighted by atomic mass is 16.5. The van der Waals surface area contributed by atoms with Crippen LogP contribution in [0.1, 0.15) is 25.3 Å². The Morgan fingerprint density at radius 1 is 1.53 bits per heavy atom. The number of aromatic nitrogens is 1. The molecule has 0 bridgehead atoms. The van der Waals surface area contributed by atoms with Crippen LogP contribution >= 0.6 is 0 Å². The molecule has 0 fully saturated rings. The smallest absolute Gasteiger partial charge is 0.407 e. The lowest BCUT2D eigenvalue weighted by atomic mass is 10.3. The SMILES string of the molecule is CCCCOC(=O)NCc1cccnc1OC. The molecule has 1 N–H and O–H groups in total. The zero-order valence-electron chi connectivity index (χ0n) is 10.2. The van der Waals surface area contributed by atoms with E-state index in [2.05, 4.69) is 10.3 Å². The molecule has 1 aromatic heterocycles. The van der Waals surface area contributed by atoms with Crippen molar-refractivity contribution >= 4 is 6.09 Å². The number of nitrogens with one attached hydrogen (secondary N) is 1. The number of nitrogens with zero attached hydrogens (tertiary/aromatic N) is 1. The zero-order valence-corrected chi connectivity index (χ0v) is 10.2. The Labute approximate surface area is 101 Å². The van der Waals surface area contributed by atoms with Gasteiger partial charge in [0.1, 0.15) is 0 Å². The first-order valence-corrected chi connectivity index (χ1v) is 5.66. The summed E-state index contributed by atoms with van der Waals surface area (Å²) in [5.41, 5.74) is 0.822. The van der Waals surface area contributed by atoms with Gasteiger partial charge in [-0.15, -0.1) is 0 Å². The van der Waals surface area contributed by atoms with Crippen LogP contribution in [-0.2, 0) is 11.3 Å². The molecule has 0 saturated heterocycles. The van der Waals surface area contributed by atoms with E-state index in [1.807, 2.05) is 13.0 Å². The Morgan fingerprint density at radius 3 is 3.06 bits per heavy atom. The summed E-state index contributed by atoms with van der Waals surface area (Å²) in [7, 11) is 1.55. The summed E-state index contributed by atoms with van der Waals surface area (Å²) < 4.78 is 10.0. The number of amides is 1. The molecule has 5 nitrogen and oxygen atoms in total. The molecule has 17 heavy (non-hydrogen) atoms. The van der Waals surface area contributed by atoms with Crippen molar-refractivity contribution in [1.82, 2.24) is 10.3 Å². The highest BCUT2D eigenvalue weighted by molar-refractivity contribution is 5.67. The maximum absolute atomic E-state index is 11.3. The van der Waals surface area contributed by atoms with Crippen molar-refractivity contribution in [2.45, 2.75) is 26.3 Å². The van der Waals surface area contributed by atoms with Crippen molar-refractivity contribution in [3.05, 3.63) is 23.9 Å². The Hall–Kier alpha value is -1.78. The van der Waals surface area contributed by atoms with E-state index in [1.165, 1.54) is 0 Å². The first-order chi connectivity index (χ1) is 8.27. The molecular formula is C12H18N2O3. The van der Waals surface area contributed by atoms with Gasteiger partial charge in [0, 0.05) is 11.8 Å². The summed E-state index contributed by atoms with van der Waals surface area (Å²) in [6, 6.07) is 3.64. The molecule has 0 saturated carbocycles. The van der Waals surface area contributed by atoms with E-state index < -0.39 is 6.09 Å². The monoisotopic (exact) mass is 238 g/mol. The van der Waals surface area contributed by atoms with Crippen LogP contribution < -0.4 is 10.1 Å². The summed E-state index contributed by atoms with van der Waals surface area (Å²) in [4.78, 5) is 15.3. The maximum atomic E-state index is 11.3. The molecule has 5 heteroatoms. The van der Waals surface area contributed by atoms with E-state index in [0.29, 0.717) is 19.0 Å². The molecule has 0 radical (unpaired) electrons. The average molecular weight is 238 g/mol. The minimum atomic E-state index is -0.413. The van der Waals surface area contributed by atoms with Crippen LogP contribution in [0.2, 0.25) is 0 Å². The number of carbonyl (C=O) groups is 1. The largest absolute Gasteiger partial charge is 0.481 e. The van der Waals surface area contributed by atoms with Crippen LogP contribution in [0.5, 0.6) is 5.88 Å². The van der Waals surface area contributed by atoms with Gasteiger partial charge in [0.25, 0.3) is 0 Å². The molecule has 0 unspecified atom stereocenters. The second-order valence-electron chi connectivity index (χ2n) is 3.51. The predicted octanol–water partition coefficient (Wildman–Crippen LogP) is 2.12. The minimum Gasteiger partial charge on any atom is -0.481 e. The normalized spacial score (nSPS) is 9.76. The number of hydrogen-bond donors (Lipinski definition) is 1. The van der Waals surface area contributed by atoms with E-state index in [0.717, 1.165) is 18.4 Å². The van der Waals surface area contributed by atoms with Gasteiger partial charge in [-0.3, -0.25) is 0 Å². The molecular weight excluding hydrogens is 220 g/mol. The number of carbonyl (C=O) groups excluding carboxylic acids is 1. The van der Waals surface area contributed by atoms with Crippen LogP contribution in [0.25, 0.3) is 0 Å². The first-order valence-electron chi connectivity index (χ1n) is 5.66. The topological polar surface area (TPSA) is 60.5 Å². The summed E-state index contributed by atoms with van der Waals surface area (Å²) >= 11 is 0. The molecule has 0 spiro atoms. The van der Waals surface area contributed by atoms with Gasteiger partial charge in [-0.1, -0.05) is 19.4 Å². The standard InChI is InChI=1S/C12H18N2O3/c1-3-4-8-17-12(15)14-9-10-6-5-7-13-11(10)16-2/h5-7H,3-4,8-9H2,1-2H3,(H,14,15). The van der Waals surface area contributed by atoms with Gasteiger partial charge in [-0.25, -0.2) is 9.78 Å².